The zero-order valence-corrected chi connectivity index (χ0v) is 13.6. The lowest BCUT2D eigenvalue weighted by molar-refractivity contribution is -0.129. The molecule has 110 valence electrons. The molecule has 0 amide bonds. The van der Waals surface area contributed by atoms with Crippen LogP contribution in [0.25, 0.3) is 0 Å². The van der Waals surface area contributed by atoms with Gasteiger partial charge in [0.05, 0.1) is 4.47 Å². The Labute approximate surface area is 128 Å². The maximum absolute atomic E-state index is 13.2. The van der Waals surface area contributed by atoms with Gasteiger partial charge >= 0.3 is 0 Å². The first-order valence-electron chi connectivity index (χ1n) is 7.09. The van der Waals surface area contributed by atoms with Gasteiger partial charge in [-0.1, -0.05) is 19.9 Å². The Balaban J connectivity index is 2.07. The van der Waals surface area contributed by atoms with Crippen molar-refractivity contribution in [2.24, 2.45) is 11.3 Å². The van der Waals surface area contributed by atoms with Gasteiger partial charge < -0.3 is 5.32 Å². The van der Waals surface area contributed by atoms with Gasteiger partial charge in [-0.15, -0.1) is 0 Å². The molecule has 2 nitrogen and oxygen atoms in total. The maximum Gasteiger partial charge on any atom is 0.143 e. The topological polar surface area (TPSA) is 29.1 Å². The third kappa shape index (κ3) is 3.47. The van der Waals surface area contributed by atoms with Crippen LogP contribution in [0, 0.1) is 17.2 Å². The fourth-order valence-corrected chi connectivity index (χ4v) is 3.18. The zero-order valence-electron chi connectivity index (χ0n) is 12.0. The summed E-state index contributed by atoms with van der Waals surface area (Å²) in [4.78, 5) is 12.6. The molecule has 1 aliphatic heterocycles. The lowest BCUT2D eigenvalue weighted by Gasteiger charge is -2.36. The Morgan fingerprint density at radius 1 is 1.50 bits per heavy atom. The molecule has 0 saturated carbocycles. The van der Waals surface area contributed by atoms with Gasteiger partial charge in [0.2, 0.25) is 0 Å². The van der Waals surface area contributed by atoms with E-state index in [1.165, 1.54) is 6.07 Å². The molecule has 2 rings (SSSR count). The van der Waals surface area contributed by atoms with E-state index >= 15 is 0 Å². The molecule has 1 fully saturated rings. The first-order valence-corrected chi connectivity index (χ1v) is 7.88. The largest absolute Gasteiger partial charge is 0.316 e. The number of Topliss-reactive ketones (excluding diaryl/α,β-unsaturated/α-hetero) is 1. The molecular weight excluding hydrogens is 321 g/mol. The minimum absolute atomic E-state index is 0.227. The third-order valence-corrected chi connectivity index (χ3v) is 4.99. The van der Waals surface area contributed by atoms with Gasteiger partial charge in [-0.05, 0) is 65.5 Å². The number of halogens is 2. The Morgan fingerprint density at radius 3 is 2.85 bits per heavy atom. The number of nitrogens with one attached hydrogen (secondary N) is 1. The highest BCUT2D eigenvalue weighted by Gasteiger charge is 2.36. The molecule has 1 aromatic carbocycles. The quantitative estimate of drug-likeness (QED) is 0.904. The molecule has 0 spiro atoms. The summed E-state index contributed by atoms with van der Waals surface area (Å²) in [6.45, 7) is 6.02. The summed E-state index contributed by atoms with van der Waals surface area (Å²) in [5, 5.41) is 3.37. The van der Waals surface area contributed by atoms with E-state index in [-0.39, 0.29) is 17.0 Å². The van der Waals surface area contributed by atoms with Crippen molar-refractivity contribution in [3.63, 3.8) is 0 Å². The molecule has 20 heavy (non-hydrogen) atoms. The molecule has 1 aliphatic rings. The van der Waals surface area contributed by atoms with Crippen LogP contribution >= 0.6 is 15.9 Å². The molecular formula is C16H21BrFNO. The Kier molecular flexibility index (Phi) is 4.97. The molecule has 1 saturated heterocycles. The SMILES string of the molecule is CC(C)(C(=O)Cc1ccc(F)c(Br)c1)C1CCCNC1. The van der Waals surface area contributed by atoms with Gasteiger partial charge in [-0.3, -0.25) is 4.79 Å². The van der Waals surface area contributed by atoms with E-state index in [4.69, 9.17) is 0 Å². The molecule has 0 bridgehead atoms. The number of hydrogen-bond acceptors (Lipinski definition) is 2. The molecule has 0 radical (unpaired) electrons. The van der Waals surface area contributed by atoms with E-state index in [1.54, 1.807) is 12.1 Å². The van der Waals surface area contributed by atoms with Crippen LogP contribution < -0.4 is 5.32 Å². The van der Waals surface area contributed by atoms with Crippen LogP contribution in [0.5, 0.6) is 0 Å². The number of hydrogen-bond donors (Lipinski definition) is 1. The second-order valence-corrected chi connectivity index (χ2v) is 6.97. The highest BCUT2D eigenvalue weighted by molar-refractivity contribution is 9.10. The van der Waals surface area contributed by atoms with Crippen LogP contribution in [0.15, 0.2) is 22.7 Å². The van der Waals surface area contributed by atoms with Gasteiger partial charge in [0.15, 0.2) is 0 Å². The molecule has 1 aromatic rings. The summed E-state index contributed by atoms with van der Waals surface area (Å²) in [7, 11) is 0. The van der Waals surface area contributed by atoms with Crippen molar-refractivity contribution in [3.8, 4) is 0 Å². The summed E-state index contributed by atoms with van der Waals surface area (Å²) in [6, 6.07) is 4.79. The summed E-state index contributed by atoms with van der Waals surface area (Å²) in [5.41, 5.74) is 0.522. The van der Waals surface area contributed by atoms with E-state index in [0.29, 0.717) is 16.8 Å². The van der Waals surface area contributed by atoms with Crippen molar-refractivity contribution in [1.82, 2.24) is 5.32 Å². The molecule has 1 N–H and O–H groups in total. The average molecular weight is 342 g/mol. The summed E-state index contributed by atoms with van der Waals surface area (Å²) in [5.74, 6) is 0.314. The maximum atomic E-state index is 13.2. The van der Waals surface area contributed by atoms with Gasteiger partial charge in [0.25, 0.3) is 0 Å². The Bertz CT molecular complexity index is 495. The van der Waals surface area contributed by atoms with Gasteiger partial charge in [-0.2, -0.15) is 0 Å². The Hall–Kier alpha value is -0.740. The molecule has 1 unspecified atom stereocenters. The third-order valence-electron chi connectivity index (χ3n) is 4.38. The van der Waals surface area contributed by atoms with Crippen LogP contribution in [0.1, 0.15) is 32.3 Å². The normalized spacial score (nSPS) is 19.9. The zero-order chi connectivity index (χ0) is 14.8. The fourth-order valence-electron chi connectivity index (χ4n) is 2.76. The van der Waals surface area contributed by atoms with E-state index in [0.717, 1.165) is 31.5 Å². The van der Waals surface area contributed by atoms with Crippen molar-refractivity contribution in [2.45, 2.75) is 33.1 Å². The average Bonchev–Trinajstić information content (AvgIpc) is 2.44. The van der Waals surface area contributed by atoms with Gasteiger partial charge in [0, 0.05) is 11.8 Å². The first kappa shape index (κ1) is 15.6. The van der Waals surface area contributed by atoms with E-state index in [2.05, 4.69) is 21.2 Å². The molecule has 1 atom stereocenters. The second-order valence-electron chi connectivity index (χ2n) is 6.11. The first-order chi connectivity index (χ1) is 9.41. The summed E-state index contributed by atoms with van der Waals surface area (Å²) < 4.78 is 13.6. The number of carbonyl (C=O) groups excluding carboxylic acids is 1. The molecule has 1 heterocycles. The van der Waals surface area contributed by atoms with Crippen molar-refractivity contribution in [1.29, 1.82) is 0 Å². The fraction of sp³-hybridized carbons (Fsp3) is 0.562. The molecule has 0 aliphatic carbocycles. The number of benzene rings is 1. The van der Waals surface area contributed by atoms with Crippen LogP contribution in [0.2, 0.25) is 0 Å². The van der Waals surface area contributed by atoms with Crippen LogP contribution in [0.4, 0.5) is 4.39 Å². The monoisotopic (exact) mass is 341 g/mol. The minimum atomic E-state index is -0.339. The predicted molar refractivity (Wildman–Crippen MR) is 82.2 cm³/mol. The summed E-state index contributed by atoms with van der Waals surface area (Å²) >= 11 is 3.17. The molecule has 4 heteroatoms. The number of ketones is 1. The van der Waals surface area contributed by atoms with Gasteiger partial charge in [-0.25, -0.2) is 4.39 Å². The highest BCUT2D eigenvalue weighted by atomic mass is 79.9. The van der Waals surface area contributed by atoms with E-state index < -0.39 is 0 Å². The predicted octanol–water partition coefficient (Wildman–Crippen LogP) is 3.73. The second kappa shape index (κ2) is 6.35. The minimum Gasteiger partial charge on any atom is -0.316 e. The number of carbonyl (C=O) groups is 1. The van der Waals surface area contributed by atoms with E-state index in [9.17, 15) is 9.18 Å². The van der Waals surface area contributed by atoms with Crippen molar-refractivity contribution in [3.05, 3.63) is 34.1 Å². The van der Waals surface area contributed by atoms with Gasteiger partial charge in [0.1, 0.15) is 11.6 Å². The molecule has 0 aromatic heterocycles. The van der Waals surface area contributed by atoms with Crippen molar-refractivity contribution < 1.29 is 9.18 Å². The van der Waals surface area contributed by atoms with Crippen molar-refractivity contribution >= 4 is 21.7 Å². The lowest BCUT2D eigenvalue weighted by atomic mass is 9.71. The summed E-state index contributed by atoms with van der Waals surface area (Å²) in [6.07, 6.45) is 2.59. The number of rotatable bonds is 4. The lowest BCUT2D eigenvalue weighted by Crippen LogP contribution is -2.43. The van der Waals surface area contributed by atoms with Crippen LogP contribution in [-0.4, -0.2) is 18.9 Å². The van der Waals surface area contributed by atoms with Crippen LogP contribution in [-0.2, 0) is 11.2 Å². The Morgan fingerprint density at radius 2 is 2.25 bits per heavy atom. The highest BCUT2D eigenvalue weighted by Crippen LogP contribution is 2.34. The number of piperidine rings is 1. The van der Waals surface area contributed by atoms with Crippen LogP contribution in [0.3, 0.4) is 0 Å². The van der Waals surface area contributed by atoms with Crippen molar-refractivity contribution in [2.75, 3.05) is 13.1 Å². The van der Waals surface area contributed by atoms with E-state index in [1.807, 2.05) is 13.8 Å². The smallest absolute Gasteiger partial charge is 0.143 e. The standard InChI is InChI=1S/C16H21BrFNO/c1-16(2,12-4-3-7-19-10-12)15(20)9-11-5-6-14(18)13(17)8-11/h5-6,8,12,19H,3-4,7,9-10H2,1-2H3.